The van der Waals surface area contributed by atoms with Gasteiger partial charge < -0.3 is 9.84 Å². The second kappa shape index (κ2) is 7.21. The predicted octanol–water partition coefficient (Wildman–Crippen LogP) is 1.84. The average molecular weight is 332 g/mol. The van der Waals surface area contributed by atoms with Gasteiger partial charge >= 0.3 is 5.97 Å². The highest BCUT2D eigenvalue weighted by atomic mass is 32.1. The number of carbonyl (C=O) groups is 1. The molecule has 1 aliphatic heterocycles. The summed E-state index contributed by atoms with van der Waals surface area (Å²) < 4.78 is 4.83. The zero-order valence-electron chi connectivity index (χ0n) is 13.0. The molecule has 3 rings (SSSR count). The van der Waals surface area contributed by atoms with E-state index in [1.807, 2.05) is 28.5 Å². The minimum Gasteiger partial charge on any atom is -0.468 e. The van der Waals surface area contributed by atoms with Gasteiger partial charge in [-0.05, 0) is 5.56 Å². The summed E-state index contributed by atoms with van der Waals surface area (Å²) in [5.41, 5.74) is 2.17. The first-order valence-corrected chi connectivity index (χ1v) is 8.51. The molecule has 0 bridgehead atoms. The lowest BCUT2D eigenvalue weighted by Gasteiger charge is -2.20. The molecule has 1 N–H and O–H groups in total. The molecule has 0 amide bonds. The van der Waals surface area contributed by atoms with Crippen LogP contribution in [0.2, 0.25) is 0 Å². The maximum Gasteiger partial charge on any atom is 0.323 e. The van der Waals surface area contributed by atoms with Crippen molar-refractivity contribution in [2.24, 2.45) is 0 Å². The fraction of sp³-hybridized carbons (Fsp3) is 0.412. The molecule has 2 heterocycles. The number of hydrogen-bond acceptors (Lipinski definition) is 6. The summed E-state index contributed by atoms with van der Waals surface area (Å²) in [5, 5.41) is 12.9. The zero-order chi connectivity index (χ0) is 16.2. The number of thiazole rings is 1. The number of ether oxygens (including phenoxy) is 1. The Morgan fingerprint density at radius 1 is 1.43 bits per heavy atom. The maximum atomic E-state index is 11.8. The van der Waals surface area contributed by atoms with Gasteiger partial charge in [-0.15, -0.1) is 11.3 Å². The Morgan fingerprint density at radius 2 is 2.22 bits per heavy atom. The van der Waals surface area contributed by atoms with Crippen LogP contribution in [-0.4, -0.2) is 46.8 Å². The average Bonchev–Trinajstić information content (AvgIpc) is 3.14. The molecular formula is C17H20N2O3S. The minimum atomic E-state index is -0.485. The summed E-state index contributed by atoms with van der Waals surface area (Å²) in [4.78, 5) is 18.4. The minimum absolute atomic E-state index is 0.290. The number of esters is 1. The highest BCUT2D eigenvalue weighted by Gasteiger charge is 2.36. The monoisotopic (exact) mass is 332 g/mol. The van der Waals surface area contributed by atoms with Crippen LogP contribution in [0.4, 0.5) is 0 Å². The maximum absolute atomic E-state index is 11.8. The van der Waals surface area contributed by atoms with Crippen LogP contribution in [0.3, 0.4) is 0 Å². The third kappa shape index (κ3) is 3.96. The Morgan fingerprint density at radius 3 is 2.96 bits per heavy atom. The summed E-state index contributed by atoms with van der Waals surface area (Å²) in [5.74, 6) is -0.290. The van der Waals surface area contributed by atoms with Crippen LogP contribution in [0.15, 0.2) is 35.7 Å². The van der Waals surface area contributed by atoms with E-state index in [-0.39, 0.29) is 12.0 Å². The van der Waals surface area contributed by atoms with E-state index < -0.39 is 6.10 Å². The van der Waals surface area contributed by atoms with Crippen LogP contribution < -0.4 is 0 Å². The van der Waals surface area contributed by atoms with Crippen molar-refractivity contribution < 1.29 is 14.6 Å². The summed E-state index contributed by atoms with van der Waals surface area (Å²) >= 11 is 1.63. The standard InChI is InChI=1S/C17H20N2O3S/c1-22-17(21)15-8-14(20)10-19(15)9-13-11-23-16(18-13)7-12-5-3-2-4-6-12/h2-6,11,14-15,20H,7-10H2,1H3/t14-,15+/m0/s1. The first kappa shape index (κ1) is 16.1. The van der Waals surface area contributed by atoms with Gasteiger partial charge in [-0.3, -0.25) is 9.69 Å². The fourth-order valence-corrected chi connectivity index (χ4v) is 3.74. The highest BCUT2D eigenvalue weighted by molar-refractivity contribution is 7.09. The van der Waals surface area contributed by atoms with Crippen molar-refractivity contribution >= 4 is 17.3 Å². The molecule has 0 radical (unpaired) electrons. The van der Waals surface area contributed by atoms with Crippen LogP contribution in [0.5, 0.6) is 0 Å². The first-order chi connectivity index (χ1) is 11.2. The topological polar surface area (TPSA) is 62.7 Å². The number of likely N-dealkylation sites (tertiary alicyclic amines) is 1. The molecule has 1 aromatic carbocycles. The Labute approximate surface area is 139 Å². The van der Waals surface area contributed by atoms with E-state index in [4.69, 9.17) is 4.74 Å². The molecular weight excluding hydrogens is 312 g/mol. The summed E-state index contributed by atoms with van der Waals surface area (Å²) in [6, 6.07) is 9.85. The van der Waals surface area contributed by atoms with Gasteiger partial charge in [0, 0.05) is 31.3 Å². The molecule has 23 heavy (non-hydrogen) atoms. The van der Waals surface area contributed by atoms with Gasteiger partial charge in [0.25, 0.3) is 0 Å². The van der Waals surface area contributed by atoms with Gasteiger partial charge in [0.2, 0.25) is 0 Å². The molecule has 122 valence electrons. The molecule has 1 aromatic heterocycles. The highest BCUT2D eigenvalue weighted by Crippen LogP contribution is 2.23. The summed E-state index contributed by atoms with van der Waals surface area (Å²) in [7, 11) is 1.38. The van der Waals surface area contributed by atoms with Crippen molar-refractivity contribution in [1.82, 2.24) is 9.88 Å². The summed E-state index contributed by atoms with van der Waals surface area (Å²) in [6.45, 7) is 1.04. The number of nitrogens with zero attached hydrogens (tertiary/aromatic N) is 2. The van der Waals surface area contributed by atoms with Crippen molar-refractivity contribution in [3.8, 4) is 0 Å². The smallest absolute Gasteiger partial charge is 0.323 e. The van der Waals surface area contributed by atoms with E-state index >= 15 is 0 Å². The SMILES string of the molecule is COC(=O)[C@H]1C[C@H](O)CN1Cc1csc(Cc2ccccc2)n1. The lowest BCUT2D eigenvalue weighted by atomic mass is 10.2. The number of benzene rings is 1. The fourth-order valence-electron chi connectivity index (χ4n) is 2.92. The Kier molecular flexibility index (Phi) is 5.05. The molecule has 6 heteroatoms. The molecule has 1 aliphatic rings. The van der Waals surface area contributed by atoms with E-state index in [0.29, 0.717) is 19.5 Å². The molecule has 2 aromatic rings. The van der Waals surface area contributed by atoms with Crippen molar-refractivity contribution in [2.75, 3.05) is 13.7 Å². The van der Waals surface area contributed by atoms with Crippen LogP contribution >= 0.6 is 11.3 Å². The second-order valence-electron chi connectivity index (χ2n) is 5.75. The quantitative estimate of drug-likeness (QED) is 0.847. The van der Waals surface area contributed by atoms with Gasteiger partial charge in [-0.1, -0.05) is 30.3 Å². The Hall–Kier alpha value is -1.76. The number of aromatic nitrogens is 1. The van der Waals surface area contributed by atoms with E-state index in [1.165, 1.54) is 12.7 Å². The Balaban J connectivity index is 1.65. The van der Waals surface area contributed by atoms with Gasteiger partial charge in [0.1, 0.15) is 6.04 Å². The van der Waals surface area contributed by atoms with Gasteiger partial charge in [0.15, 0.2) is 0 Å². The van der Waals surface area contributed by atoms with Crippen LogP contribution in [-0.2, 0) is 22.5 Å². The molecule has 1 saturated heterocycles. The third-order valence-electron chi connectivity index (χ3n) is 4.02. The second-order valence-corrected chi connectivity index (χ2v) is 6.70. The molecule has 5 nitrogen and oxygen atoms in total. The normalized spacial score (nSPS) is 21.5. The van der Waals surface area contributed by atoms with Crippen molar-refractivity contribution in [1.29, 1.82) is 0 Å². The van der Waals surface area contributed by atoms with Gasteiger partial charge in [0.05, 0.1) is 23.9 Å². The first-order valence-electron chi connectivity index (χ1n) is 7.63. The van der Waals surface area contributed by atoms with E-state index in [2.05, 4.69) is 17.1 Å². The molecule has 0 saturated carbocycles. The van der Waals surface area contributed by atoms with E-state index in [0.717, 1.165) is 17.1 Å². The van der Waals surface area contributed by atoms with Crippen molar-refractivity contribution in [3.63, 3.8) is 0 Å². The van der Waals surface area contributed by atoms with Crippen LogP contribution in [0.25, 0.3) is 0 Å². The molecule has 0 unspecified atom stereocenters. The van der Waals surface area contributed by atoms with Crippen molar-refractivity contribution in [3.05, 3.63) is 52.0 Å². The molecule has 2 atom stereocenters. The zero-order valence-corrected chi connectivity index (χ0v) is 13.8. The number of aliphatic hydroxyl groups is 1. The number of rotatable bonds is 5. The van der Waals surface area contributed by atoms with Crippen molar-refractivity contribution in [2.45, 2.75) is 31.5 Å². The van der Waals surface area contributed by atoms with Gasteiger partial charge in [-0.25, -0.2) is 4.98 Å². The lowest BCUT2D eigenvalue weighted by Crippen LogP contribution is -2.36. The molecule has 1 fully saturated rings. The molecule has 0 aliphatic carbocycles. The lowest BCUT2D eigenvalue weighted by molar-refractivity contribution is -0.146. The number of hydrogen-bond donors (Lipinski definition) is 1. The van der Waals surface area contributed by atoms with Crippen LogP contribution in [0.1, 0.15) is 22.7 Å². The van der Waals surface area contributed by atoms with E-state index in [9.17, 15) is 9.90 Å². The largest absolute Gasteiger partial charge is 0.468 e. The number of aliphatic hydroxyl groups excluding tert-OH is 1. The number of methoxy groups -OCH3 is 1. The van der Waals surface area contributed by atoms with Gasteiger partial charge in [-0.2, -0.15) is 0 Å². The van der Waals surface area contributed by atoms with E-state index in [1.54, 1.807) is 11.3 Å². The Bertz CT molecular complexity index is 659. The van der Waals surface area contributed by atoms with Crippen LogP contribution in [0, 0.1) is 0 Å². The molecule has 0 spiro atoms. The summed E-state index contributed by atoms with van der Waals surface area (Å²) in [6.07, 6.45) is 0.754. The predicted molar refractivity (Wildman–Crippen MR) is 88.2 cm³/mol. The number of carbonyl (C=O) groups excluding carboxylic acids is 1. The number of β-amino-alcohol motifs (C(OH)–C–C–N with tert-alkyl or cyclic N) is 1. The third-order valence-corrected chi connectivity index (χ3v) is 4.91.